The van der Waals surface area contributed by atoms with Crippen molar-refractivity contribution in [1.29, 1.82) is 0 Å². The summed E-state index contributed by atoms with van der Waals surface area (Å²) >= 11 is 0. The van der Waals surface area contributed by atoms with Crippen LogP contribution in [0.4, 0.5) is 0 Å². The molecule has 0 bridgehead atoms. The molecule has 18 heavy (non-hydrogen) atoms. The van der Waals surface area contributed by atoms with E-state index in [4.69, 9.17) is 0 Å². The van der Waals surface area contributed by atoms with E-state index in [2.05, 4.69) is 31.4 Å². The predicted octanol–water partition coefficient (Wildman–Crippen LogP) is 3.42. The van der Waals surface area contributed by atoms with Crippen molar-refractivity contribution >= 4 is 0 Å². The van der Waals surface area contributed by atoms with E-state index in [-0.39, 0.29) is 0 Å². The lowest BCUT2D eigenvalue weighted by molar-refractivity contribution is 0.0781. The number of rotatable bonds is 6. The molecule has 0 aromatic rings. The van der Waals surface area contributed by atoms with E-state index in [9.17, 15) is 0 Å². The summed E-state index contributed by atoms with van der Waals surface area (Å²) in [4.78, 5) is 2.53. The molecule has 2 aliphatic carbocycles. The Morgan fingerprint density at radius 2 is 1.72 bits per heavy atom. The van der Waals surface area contributed by atoms with E-state index in [1.165, 1.54) is 64.2 Å². The van der Waals surface area contributed by atoms with Crippen LogP contribution in [-0.2, 0) is 0 Å². The highest BCUT2D eigenvalue weighted by molar-refractivity contribution is 4.99. The van der Waals surface area contributed by atoms with Gasteiger partial charge in [-0.3, -0.25) is 0 Å². The summed E-state index contributed by atoms with van der Waals surface area (Å²) in [5, 5.41) is 3.66. The quantitative estimate of drug-likeness (QED) is 0.729. The highest BCUT2D eigenvalue weighted by atomic mass is 15.2. The molecule has 0 spiro atoms. The predicted molar refractivity (Wildman–Crippen MR) is 78.9 cm³/mol. The standard InChI is InChI=1S/C16H32N2/c1-17-15(11-10-14-8-9-14)16(18(2)3)12-6-4-5-7-13-16/h14-15,17H,4-13H2,1-3H3. The van der Waals surface area contributed by atoms with Crippen molar-refractivity contribution in [2.45, 2.75) is 75.8 Å². The van der Waals surface area contributed by atoms with Crippen molar-refractivity contribution in [3.63, 3.8) is 0 Å². The van der Waals surface area contributed by atoms with Gasteiger partial charge in [0.25, 0.3) is 0 Å². The average Bonchev–Trinajstić information content (AvgIpc) is 3.15. The minimum Gasteiger partial charge on any atom is -0.315 e. The topological polar surface area (TPSA) is 15.3 Å². The van der Waals surface area contributed by atoms with Crippen molar-refractivity contribution in [2.24, 2.45) is 5.92 Å². The van der Waals surface area contributed by atoms with Gasteiger partial charge in [-0.25, -0.2) is 0 Å². The van der Waals surface area contributed by atoms with Gasteiger partial charge in [0.2, 0.25) is 0 Å². The molecule has 2 nitrogen and oxygen atoms in total. The lowest BCUT2D eigenvalue weighted by atomic mass is 9.79. The summed E-state index contributed by atoms with van der Waals surface area (Å²) in [5.74, 6) is 1.06. The Morgan fingerprint density at radius 1 is 1.11 bits per heavy atom. The van der Waals surface area contributed by atoms with Crippen LogP contribution in [0.2, 0.25) is 0 Å². The van der Waals surface area contributed by atoms with Gasteiger partial charge in [0.05, 0.1) is 0 Å². The molecule has 2 rings (SSSR count). The number of likely N-dealkylation sites (N-methyl/N-ethyl adjacent to an activating group) is 2. The third kappa shape index (κ3) is 3.27. The summed E-state index contributed by atoms with van der Waals surface area (Å²) < 4.78 is 0. The van der Waals surface area contributed by atoms with Gasteiger partial charge in [0.15, 0.2) is 0 Å². The first kappa shape index (κ1) is 14.3. The Balaban J connectivity index is 2.03. The van der Waals surface area contributed by atoms with E-state index in [0.717, 1.165) is 5.92 Å². The number of hydrogen-bond acceptors (Lipinski definition) is 2. The summed E-state index contributed by atoms with van der Waals surface area (Å²) in [6.07, 6.45) is 14.3. The summed E-state index contributed by atoms with van der Waals surface area (Å²) in [5.41, 5.74) is 0.417. The Hall–Kier alpha value is -0.0800. The van der Waals surface area contributed by atoms with E-state index in [1.54, 1.807) is 0 Å². The molecule has 1 unspecified atom stereocenters. The van der Waals surface area contributed by atoms with E-state index in [0.29, 0.717) is 11.6 Å². The summed E-state index contributed by atoms with van der Waals surface area (Å²) in [7, 11) is 6.77. The second kappa shape index (κ2) is 6.38. The smallest absolute Gasteiger partial charge is 0.0356 e. The van der Waals surface area contributed by atoms with E-state index >= 15 is 0 Å². The first-order valence-electron chi connectivity index (χ1n) is 8.04. The van der Waals surface area contributed by atoms with Crippen LogP contribution >= 0.6 is 0 Å². The minimum absolute atomic E-state index is 0.417. The number of hydrogen-bond donors (Lipinski definition) is 1. The van der Waals surface area contributed by atoms with Crippen molar-refractivity contribution < 1.29 is 0 Å². The second-order valence-electron chi connectivity index (χ2n) is 6.77. The molecule has 1 atom stereocenters. The van der Waals surface area contributed by atoms with Crippen LogP contribution in [0.5, 0.6) is 0 Å². The first-order chi connectivity index (χ1) is 8.69. The molecular weight excluding hydrogens is 220 g/mol. The van der Waals surface area contributed by atoms with Gasteiger partial charge >= 0.3 is 0 Å². The molecule has 0 aromatic heterocycles. The molecule has 106 valence electrons. The zero-order valence-corrected chi connectivity index (χ0v) is 12.7. The maximum absolute atomic E-state index is 3.66. The summed E-state index contributed by atoms with van der Waals surface area (Å²) in [6, 6.07) is 0.686. The first-order valence-corrected chi connectivity index (χ1v) is 8.04. The van der Waals surface area contributed by atoms with Gasteiger partial charge in [0.1, 0.15) is 0 Å². The Morgan fingerprint density at radius 3 is 2.17 bits per heavy atom. The van der Waals surface area contributed by atoms with Crippen LogP contribution in [0.3, 0.4) is 0 Å². The molecule has 2 fully saturated rings. The van der Waals surface area contributed by atoms with Gasteiger partial charge in [0, 0.05) is 11.6 Å². The molecule has 0 radical (unpaired) electrons. The minimum atomic E-state index is 0.417. The highest BCUT2D eigenvalue weighted by Gasteiger charge is 2.40. The Labute approximate surface area is 114 Å². The van der Waals surface area contributed by atoms with Crippen molar-refractivity contribution in [1.82, 2.24) is 10.2 Å². The van der Waals surface area contributed by atoms with Gasteiger partial charge in [-0.2, -0.15) is 0 Å². The molecule has 2 heteroatoms. The SMILES string of the molecule is CNC(CCC1CC1)C1(N(C)C)CCCCCC1. The fourth-order valence-electron chi connectivity index (χ4n) is 3.94. The van der Waals surface area contributed by atoms with Crippen LogP contribution in [0, 0.1) is 5.92 Å². The van der Waals surface area contributed by atoms with Crippen molar-refractivity contribution in [3.05, 3.63) is 0 Å². The number of nitrogens with one attached hydrogen (secondary N) is 1. The Bertz CT molecular complexity index is 237. The third-order valence-electron chi connectivity index (χ3n) is 5.42. The largest absolute Gasteiger partial charge is 0.315 e. The maximum atomic E-state index is 3.66. The summed E-state index contributed by atoms with van der Waals surface area (Å²) in [6.45, 7) is 0. The lowest BCUT2D eigenvalue weighted by Gasteiger charge is -2.46. The molecule has 2 aliphatic rings. The van der Waals surface area contributed by atoms with Gasteiger partial charge in [-0.1, -0.05) is 38.5 Å². The second-order valence-corrected chi connectivity index (χ2v) is 6.77. The number of nitrogens with zero attached hydrogens (tertiary/aromatic N) is 1. The van der Waals surface area contributed by atoms with Crippen LogP contribution in [0.15, 0.2) is 0 Å². The zero-order chi connectivity index (χ0) is 13.0. The molecule has 0 aromatic carbocycles. The molecule has 2 saturated carbocycles. The van der Waals surface area contributed by atoms with Crippen LogP contribution in [-0.4, -0.2) is 37.6 Å². The fourth-order valence-corrected chi connectivity index (χ4v) is 3.94. The molecule has 0 amide bonds. The van der Waals surface area contributed by atoms with Gasteiger partial charge in [-0.05, 0) is 52.7 Å². The third-order valence-corrected chi connectivity index (χ3v) is 5.42. The van der Waals surface area contributed by atoms with Crippen LogP contribution < -0.4 is 5.32 Å². The molecule has 0 heterocycles. The van der Waals surface area contributed by atoms with Crippen LogP contribution in [0.25, 0.3) is 0 Å². The van der Waals surface area contributed by atoms with Crippen LogP contribution in [0.1, 0.15) is 64.2 Å². The Kier molecular flexibility index (Phi) is 5.08. The highest BCUT2D eigenvalue weighted by Crippen LogP contribution is 2.39. The van der Waals surface area contributed by atoms with Gasteiger partial charge in [-0.15, -0.1) is 0 Å². The molecule has 1 N–H and O–H groups in total. The maximum Gasteiger partial charge on any atom is 0.0356 e. The van der Waals surface area contributed by atoms with E-state index < -0.39 is 0 Å². The average molecular weight is 252 g/mol. The monoisotopic (exact) mass is 252 g/mol. The molecular formula is C16H32N2. The fraction of sp³-hybridized carbons (Fsp3) is 1.00. The molecule has 0 aliphatic heterocycles. The zero-order valence-electron chi connectivity index (χ0n) is 12.7. The van der Waals surface area contributed by atoms with E-state index in [1.807, 2.05) is 0 Å². The van der Waals surface area contributed by atoms with Gasteiger partial charge < -0.3 is 10.2 Å². The molecule has 0 saturated heterocycles. The lowest BCUT2D eigenvalue weighted by Crippen LogP contribution is -2.58. The normalized spacial score (nSPS) is 26.0. The van der Waals surface area contributed by atoms with Crippen molar-refractivity contribution in [3.8, 4) is 0 Å². The van der Waals surface area contributed by atoms with Crippen molar-refractivity contribution in [2.75, 3.05) is 21.1 Å².